The maximum absolute atomic E-state index is 11.9. The number of hydrogen-bond donors (Lipinski definition) is 3. The van der Waals surface area contributed by atoms with Gasteiger partial charge in [0.2, 0.25) is 5.91 Å². The van der Waals surface area contributed by atoms with Crippen molar-refractivity contribution in [1.82, 2.24) is 5.32 Å². The number of carboxylic acids is 2. The summed E-state index contributed by atoms with van der Waals surface area (Å²) in [6.07, 6.45) is 5.14. The molecule has 0 saturated heterocycles. The molecule has 3 unspecified atom stereocenters. The van der Waals surface area contributed by atoms with Crippen molar-refractivity contribution in [3.8, 4) is 0 Å². The molecule has 1 amide bonds. The average Bonchev–Trinajstić information content (AvgIpc) is 2.88. The monoisotopic (exact) mass is 253 g/mol. The van der Waals surface area contributed by atoms with Gasteiger partial charge in [-0.25, -0.2) is 4.79 Å². The third-order valence-electron chi connectivity index (χ3n) is 3.61. The van der Waals surface area contributed by atoms with Crippen LogP contribution in [0.3, 0.4) is 0 Å². The molecule has 98 valence electrons. The van der Waals surface area contributed by atoms with Gasteiger partial charge in [-0.1, -0.05) is 12.2 Å². The van der Waals surface area contributed by atoms with E-state index in [9.17, 15) is 14.4 Å². The second kappa shape index (κ2) is 4.80. The molecule has 1 fully saturated rings. The van der Waals surface area contributed by atoms with E-state index in [0.717, 1.165) is 12.8 Å². The van der Waals surface area contributed by atoms with Gasteiger partial charge in [-0.3, -0.25) is 9.59 Å². The second-order valence-electron chi connectivity index (χ2n) is 4.88. The van der Waals surface area contributed by atoms with Crippen LogP contribution >= 0.6 is 0 Å². The summed E-state index contributed by atoms with van der Waals surface area (Å²) in [5.74, 6) is -2.53. The van der Waals surface area contributed by atoms with E-state index in [-0.39, 0.29) is 17.7 Å². The Labute approximate surface area is 104 Å². The second-order valence-corrected chi connectivity index (χ2v) is 4.88. The fourth-order valence-electron chi connectivity index (χ4n) is 2.74. The quantitative estimate of drug-likeness (QED) is 0.609. The Balaban J connectivity index is 1.95. The standard InChI is InChI=1S/C12H15NO5/c14-10(15)5-9(12(17)18)13-11(16)8-4-6-1-2-7(8)3-6/h1-2,6-9H,3-5H2,(H,13,16)(H,14,15)(H,17,18)/t6?,7?,8?,9-/m1/s1. The SMILES string of the molecule is O=C(O)C[C@@H](NC(=O)C1CC2C=CC1C2)C(=O)O. The lowest BCUT2D eigenvalue weighted by atomic mass is 9.92. The number of amides is 1. The van der Waals surface area contributed by atoms with Crippen molar-refractivity contribution in [2.24, 2.45) is 17.8 Å². The minimum atomic E-state index is -1.35. The average molecular weight is 253 g/mol. The Bertz CT molecular complexity index is 417. The number of carbonyl (C=O) groups excluding carboxylic acids is 1. The lowest BCUT2D eigenvalue weighted by molar-refractivity contribution is -0.147. The number of carboxylic acid groups (broad SMARTS) is 2. The predicted molar refractivity (Wildman–Crippen MR) is 60.7 cm³/mol. The largest absolute Gasteiger partial charge is 0.481 e. The molecule has 0 aromatic rings. The molecular formula is C12H15NO5. The van der Waals surface area contributed by atoms with Crippen molar-refractivity contribution < 1.29 is 24.6 Å². The molecular weight excluding hydrogens is 238 g/mol. The predicted octanol–water partition coefficient (Wildman–Crippen LogP) is 0.243. The number of nitrogens with one attached hydrogen (secondary N) is 1. The smallest absolute Gasteiger partial charge is 0.326 e. The van der Waals surface area contributed by atoms with Crippen molar-refractivity contribution in [2.75, 3.05) is 0 Å². The first kappa shape index (κ1) is 12.6. The first-order chi connectivity index (χ1) is 8.47. The first-order valence-electron chi connectivity index (χ1n) is 5.90. The molecule has 0 heterocycles. The summed E-state index contributed by atoms with van der Waals surface area (Å²) in [5, 5.41) is 19.8. The summed E-state index contributed by atoms with van der Waals surface area (Å²) in [4.78, 5) is 33.3. The molecule has 0 spiro atoms. The summed E-state index contributed by atoms with van der Waals surface area (Å²) in [6.45, 7) is 0. The Kier molecular flexibility index (Phi) is 3.36. The Morgan fingerprint density at radius 1 is 1.22 bits per heavy atom. The third kappa shape index (κ3) is 2.52. The zero-order valence-electron chi connectivity index (χ0n) is 9.70. The van der Waals surface area contributed by atoms with Crippen LogP contribution in [-0.2, 0) is 14.4 Å². The van der Waals surface area contributed by atoms with Gasteiger partial charge in [0, 0.05) is 5.92 Å². The molecule has 2 aliphatic rings. The van der Waals surface area contributed by atoms with Crippen LogP contribution in [0, 0.1) is 17.8 Å². The van der Waals surface area contributed by atoms with Gasteiger partial charge in [-0.15, -0.1) is 0 Å². The molecule has 1 saturated carbocycles. The fraction of sp³-hybridized carbons (Fsp3) is 0.583. The highest BCUT2D eigenvalue weighted by atomic mass is 16.4. The van der Waals surface area contributed by atoms with Gasteiger partial charge in [-0.05, 0) is 24.7 Å². The zero-order chi connectivity index (χ0) is 13.3. The van der Waals surface area contributed by atoms with Crippen molar-refractivity contribution in [1.29, 1.82) is 0 Å². The van der Waals surface area contributed by atoms with Crippen molar-refractivity contribution >= 4 is 17.8 Å². The van der Waals surface area contributed by atoms with Gasteiger partial charge in [0.05, 0.1) is 6.42 Å². The van der Waals surface area contributed by atoms with Gasteiger partial charge in [0.1, 0.15) is 6.04 Å². The van der Waals surface area contributed by atoms with E-state index in [1.165, 1.54) is 0 Å². The maximum atomic E-state index is 11.9. The Morgan fingerprint density at radius 2 is 1.94 bits per heavy atom. The highest BCUT2D eigenvalue weighted by molar-refractivity contribution is 5.88. The van der Waals surface area contributed by atoms with E-state index in [4.69, 9.17) is 10.2 Å². The molecule has 0 radical (unpaired) electrons. The van der Waals surface area contributed by atoms with Gasteiger partial charge < -0.3 is 15.5 Å². The highest BCUT2D eigenvalue weighted by Crippen LogP contribution is 2.43. The Morgan fingerprint density at radius 3 is 2.39 bits per heavy atom. The fourth-order valence-corrected chi connectivity index (χ4v) is 2.74. The molecule has 18 heavy (non-hydrogen) atoms. The van der Waals surface area contributed by atoms with E-state index in [2.05, 4.69) is 11.4 Å². The molecule has 4 atom stereocenters. The number of carbonyl (C=O) groups is 3. The van der Waals surface area contributed by atoms with Crippen molar-refractivity contribution in [3.05, 3.63) is 12.2 Å². The van der Waals surface area contributed by atoms with Crippen LogP contribution < -0.4 is 5.32 Å². The molecule has 6 heteroatoms. The van der Waals surface area contributed by atoms with E-state index < -0.39 is 24.4 Å². The number of allylic oxidation sites excluding steroid dienone is 2. The maximum Gasteiger partial charge on any atom is 0.326 e. The minimum Gasteiger partial charge on any atom is -0.481 e. The lowest BCUT2D eigenvalue weighted by Gasteiger charge is -2.20. The molecule has 3 N–H and O–H groups in total. The summed E-state index contributed by atoms with van der Waals surface area (Å²) < 4.78 is 0. The molecule has 2 rings (SSSR count). The summed E-state index contributed by atoms with van der Waals surface area (Å²) in [6, 6.07) is -1.35. The molecule has 6 nitrogen and oxygen atoms in total. The number of hydrogen-bond acceptors (Lipinski definition) is 3. The van der Waals surface area contributed by atoms with Gasteiger partial charge >= 0.3 is 11.9 Å². The van der Waals surface area contributed by atoms with Crippen LogP contribution in [0.25, 0.3) is 0 Å². The third-order valence-corrected chi connectivity index (χ3v) is 3.61. The van der Waals surface area contributed by atoms with E-state index in [0.29, 0.717) is 5.92 Å². The Hall–Kier alpha value is -1.85. The van der Waals surface area contributed by atoms with Crippen LogP contribution in [0.1, 0.15) is 19.3 Å². The molecule has 2 aliphatic carbocycles. The summed E-state index contributed by atoms with van der Waals surface area (Å²) >= 11 is 0. The van der Waals surface area contributed by atoms with Gasteiger partial charge in [0.15, 0.2) is 0 Å². The van der Waals surface area contributed by atoms with Gasteiger partial charge in [0.25, 0.3) is 0 Å². The summed E-state index contributed by atoms with van der Waals surface area (Å²) in [7, 11) is 0. The van der Waals surface area contributed by atoms with Crippen LogP contribution in [0.2, 0.25) is 0 Å². The minimum absolute atomic E-state index is 0.175. The van der Waals surface area contributed by atoms with E-state index >= 15 is 0 Å². The lowest BCUT2D eigenvalue weighted by Crippen LogP contribution is -2.45. The topological polar surface area (TPSA) is 104 Å². The van der Waals surface area contributed by atoms with Crippen LogP contribution in [0.5, 0.6) is 0 Å². The van der Waals surface area contributed by atoms with E-state index in [1.54, 1.807) is 0 Å². The zero-order valence-corrected chi connectivity index (χ0v) is 9.70. The molecule has 0 aliphatic heterocycles. The number of rotatable bonds is 5. The van der Waals surface area contributed by atoms with Crippen LogP contribution in [-0.4, -0.2) is 34.1 Å². The number of aliphatic carboxylic acids is 2. The van der Waals surface area contributed by atoms with Crippen LogP contribution in [0.4, 0.5) is 0 Å². The highest BCUT2D eigenvalue weighted by Gasteiger charge is 2.40. The van der Waals surface area contributed by atoms with Crippen LogP contribution in [0.15, 0.2) is 12.2 Å². The van der Waals surface area contributed by atoms with Crippen molar-refractivity contribution in [2.45, 2.75) is 25.3 Å². The van der Waals surface area contributed by atoms with Gasteiger partial charge in [-0.2, -0.15) is 0 Å². The molecule has 0 aromatic carbocycles. The number of fused-ring (bicyclic) bond motifs is 2. The van der Waals surface area contributed by atoms with E-state index in [1.807, 2.05) is 6.08 Å². The molecule has 0 aromatic heterocycles. The summed E-state index contributed by atoms with van der Waals surface area (Å²) in [5.41, 5.74) is 0. The first-order valence-corrected chi connectivity index (χ1v) is 5.90. The molecule has 2 bridgehead atoms. The van der Waals surface area contributed by atoms with Crippen molar-refractivity contribution in [3.63, 3.8) is 0 Å². The normalized spacial score (nSPS) is 30.1.